The van der Waals surface area contributed by atoms with E-state index < -0.39 is 5.97 Å². The van der Waals surface area contributed by atoms with E-state index >= 15 is 0 Å². The van der Waals surface area contributed by atoms with Gasteiger partial charge in [0.15, 0.2) is 0 Å². The van der Waals surface area contributed by atoms with E-state index in [9.17, 15) is 19.1 Å². The van der Waals surface area contributed by atoms with Gasteiger partial charge in [-0.3, -0.25) is 9.59 Å². The maximum absolute atomic E-state index is 14.3. The lowest BCUT2D eigenvalue weighted by molar-refractivity contribution is -0.137. The molecule has 38 heavy (non-hydrogen) atoms. The van der Waals surface area contributed by atoms with Crippen molar-refractivity contribution in [1.29, 1.82) is 0 Å². The van der Waals surface area contributed by atoms with Gasteiger partial charge in [-0.05, 0) is 95.7 Å². The van der Waals surface area contributed by atoms with E-state index in [4.69, 9.17) is 0 Å². The van der Waals surface area contributed by atoms with Crippen molar-refractivity contribution in [3.05, 3.63) is 107 Å². The molecule has 5 nitrogen and oxygen atoms in total. The lowest BCUT2D eigenvalue weighted by atomic mass is 9.73. The first-order valence-electron chi connectivity index (χ1n) is 13.3. The molecule has 3 aromatic rings. The molecule has 2 heterocycles. The summed E-state index contributed by atoms with van der Waals surface area (Å²) in [6.45, 7) is 5.34. The first-order valence-corrected chi connectivity index (χ1v) is 13.3. The van der Waals surface area contributed by atoms with Gasteiger partial charge in [0, 0.05) is 24.5 Å². The third-order valence-electron chi connectivity index (χ3n) is 8.81. The highest BCUT2D eigenvalue weighted by atomic mass is 19.1. The van der Waals surface area contributed by atoms with E-state index in [0.29, 0.717) is 0 Å². The van der Waals surface area contributed by atoms with Crippen molar-refractivity contribution < 1.29 is 19.1 Å². The Kier molecular flexibility index (Phi) is 6.05. The third kappa shape index (κ3) is 4.08. The van der Waals surface area contributed by atoms with Crippen LogP contribution in [-0.2, 0) is 21.4 Å². The Bertz CT molecular complexity index is 1410. The van der Waals surface area contributed by atoms with Gasteiger partial charge < -0.3 is 14.9 Å². The summed E-state index contributed by atoms with van der Waals surface area (Å²) >= 11 is 0. The van der Waals surface area contributed by atoms with Crippen molar-refractivity contribution in [2.24, 2.45) is 0 Å². The second kappa shape index (κ2) is 9.43. The SMILES string of the molecule is C=CC(=O)N1c2ccc(N3CCC4(CC3)C[C@@H](CC(=O)O)c3ccc(F)cc34)cc2CC1c1ccccc1. The number of carboxylic acid groups (broad SMARTS) is 1. The molecule has 1 amide bonds. The van der Waals surface area contributed by atoms with Crippen LogP contribution in [0.1, 0.15) is 59.9 Å². The molecule has 6 rings (SSSR count). The number of hydrogen-bond donors (Lipinski definition) is 1. The number of hydrogen-bond acceptors (Lipinski definition) is 3. The minimum Gasteiger partial charge on any atom is -0.481 e. The van der Waals surface area contributed by atoms with Crippen LogP contribution in [0.5, 0.6) is 0 Å². The maximum atomic E-state index is 14.3. The quantitative estimate of drug-likeness (QED) is 0.419. The minimum atomic E-state index is -0.810. The van der Waals surface area contributed by atoms with Gasteiger partial charge in [-0.2, -0.15) is 0 Å². The molecule has 0 radical (unpaired) electrons. The van der Waals surface area contributed by atoms with Crippen LogP contribution in [0.4, 0.5) is 15.8 Å². The van der Waals surface area contributed by atoms with Gasteiger partial charge in [-0.15, -0.1) is 0 Å². The number of benzene rings is 3. The van der Waals surface area contributed by atoms with Gasteiger partial charge in [0.25, 0.3) is 5.91 Å². The Labute approximate surface area is 222 Å². The Morgan fingerprint density at radius 3 is 2.53 bits per heavy atom. The number of anilines is 2. The second-order valence-electron chi connectivity index (χ2n) is 10.9. The molecule has 1 N–H and O–H groups in total. The predicted molar refractivity (Wildman–Crippen MR) is 146 cm³/mol. The standard InChI is InChI=1S/C32H31FN2O3/c1-2-30(36)35-28-11-9-25(16-22(28)17-29(35)21-6-4-3-5-7-21)34-14-12-32(13-15-34)20-23(18-31(37)38)26-10-8-24(33)19-27(26)32/h2-11,16,19,23,29H,1,12-15,17-18,20H2,(H,37,38)/t23-,29?/m1/s1. The van der Waals surface area contributed by atoms with Gasteiger partial charge >= 0.3 is 5.97 Å². The summed E-state index contributed by atoms with van der Waals surface area (Å²) in [4.78, 5) is 28.6. The number of halogens is 1. The summed E-state index contributed by atoms with van der Waals surface area (Å²) in [5, 5.41) is 9.46. The number of aliphatic carboxylic acids is 1. The molecule has 1 fully saturated rings. The summed E-state index contributed by atoms with van der Waals surface area (Å²) in [5.41, 5.74) is 6.11. The van der Waals surface area contributed by atoms with Crippen molar-refractivity contribution >= 4 is 23.3 Å². The zero-order valence-electron chi connectivity index (χ0n) is 21.3. The molecule has 0 bridgehead atoms. The predicted octanol–water partition coefficient (Wildman–Crippen LogP) is 6.14. The number of fused-ring (bicyclic) bond motifs is 3. The molecule has 1 saturated heterocycles. The number of carbonyl (C=O) groups excluding carboxylic acids is 1. The summed E-state index contributed by atoms with van der Waals surface area (Å²) in [6, 6.07) is 21.2. The smallest absolute Gasteiger partial charge is 0.303 e. The zero-order valence-corrected chi connectivity index (χ0v) is 21.3. The largest absolute Gasteiger partial charge is 0.481 e. The van der Waals surface area contributed by atoms with Crippen molar-refractivity contribution in [2.75, 3.05) is 22.9 Å². The fraction of sp³-hybridized carbons (Fsp3) is 0.312. The van der Waals surface area contributed by atoms with Crippen LogP contribution in [0.25, 0.3) is 0 Å². The molecule has 1 aliphatic carbocycles. The summed E-state index contributed by atoms with van der Waals surface area (Å²) in [6.07, 6.45) is 4.66. The zero-order chi connectivity index (χ0) is 26.4. The van der Waals surface area contributed by atoms with Crippen molar-refractivity contribution in [3.8, 4) is 0 Å². The summed E-state index contributed by atoms with van der Waals surface area (Å²) in [7, 11) is 0. The van der Waals surface area contributed by atoms with E-state index in [-0.39, 0.29) is 35.5 Å². The van der Waals surface area contributed by atoms with Crippen LogP contribution in [-0.4, -0.2) is 30.1 Å². The number of nitrogens with zero attached hydrogens (tertiary/aromatic N) is 2. The molecule has 3 aromatic carbocycles. The average Bonchev–Trinajstić information content (AvgIpc) is 3.44. The normalized spacial score (nSPS) is 21.3. The summed E-state index contributed by atoms with van der Waals surface area (Å²) < 4.78 is 14.3. The summed E-state index contributed by atoms with van der Waals surface area (Å²) in [5.74, 6) is -1.24. The average molecular weight is 511 g/mol. The monoisotopic (exact) mass is 510 g/mol. The molecule has 1 unspecified atom stereocenters. The van der Waals surface area contributed by atoms with E-state index in [2.05, 4.69) is 35.7 Å². The maximum Gasteiger partial charge on any atom is 0.303 e. The Morgan fingerprint density at radius 2 is 1.82 bits per heavy atom. The topological polar surface area (TPSA) is 60.9 Å². The lowest BCUT2D eigenvalue weighted by Crippen LogP contribution is -2.41. The van der Waals surface area contributed by atoms with E-state index in [1.807, 2.05) is 29.2 Å². The Morgan fingerprint density at radius 1 is 1.05 bits per heavy atom. The number of carboxylic acids is 1. The molecule has 194 valence electrons. The van der Waals surface area contributed by atoms with E-state index in [0.717, 1.165) is 72.4 Å². The molecule has 3 aliphatic rings. The minimum absolute atomic E-state index is 0.0624. The van der Waals surface area contributed by atoms with E-state index in [1.54, 1.807) is 12.1 Å². The number of amides is 1. The van der Waals surface area contributed by atoms with Gasteiger partial charge in [0.05, 0.1) is 12.5 Å². The Balaban J connectivity index is 1.24. The molecule has 6 heteroatoms. The van der Waals surface area contributed by atoms with Crippen LogP contribution >= 0.6 is 0 Å². The van der Waals surface area contributed by atoms with Crippen molar-refractivity contribution in [1.82, 2.24) is 0 Å². The van der Waals surface area contributed by atoms with Gasteiger partial charge in [0.1, 0.15) is 5.82 Å². The first-order chi connectivity index (χ1) is 18.4. The fourth-order valence-corrected chi connectivity index (χ4v) is 7.04. The highest BCUT2D eigenvalue weighted by Gasteiger charge is 2.46. The highest BCUT2D eigenvalue weighted by molar-refractivity contribution is 6.03. The molecule has 0 saturated carbocycles. The van der Waals surface area contributed by atoms with Crippen LogP contribution in [0.2, 0.25) is 0 Å². The molecule has 0 aromatic heterocycles. The number of piperidine rings is 1. The van der Waals surface area contributed by atoms with Crippen LogP contribution in [0, 0.1) is 5.82 Å². The van der Waals surface area contributed by atoms with Gasteiger partial charge in [0.2, 0.25) is 0 Å². The Hall–Kier alpha value is -3.93. The molecular weight excluding hydrogens is 479 g/mol. The molecular formula is C32H31FN2O3. The number of carbonyl (C=O) groups is 2. The van der Waals surface area contributed by atoms with Crippen LogP contribution in [0.3, 0.4) is 0 Å². The highest BCUT2D eigenvalue weighted by Crippen LogP contribution is 2.53. The van der Waals surface area contributed by atoms with Gasteiger partial charge in [-0.25, -0.2) is 4.39 Å². The van der Waals surface area contributed by atoms with Crippen LogP contribution < -0.4 is 9.80 Å². The first kappa shape index (κ1) is 24.4. The second-order valence-corrected chi connectivity index (χ2v) is 10.9. The third-order valence-corrected chi connectivity index (χ3v) is 8.81. The van der Waals surface area contributed by atoms with E-state index in [1.165, 1.54) is 12.1 Å². The van der Waals surface area contributed by atoms with Gasteiger partial charge in [-0.1, -0.05) is 43.0 Å². The van der Waals surface area contributed by atoms with Crippen molar-refractivity contribution in [3.63, 3.8) is 0 Å². The molecule has 1 spiro atoms. The number of rotatable bonds is 5. The lowest BCUT2D eigenvalue weighted by Gasteiger charge is -2.41. The molecule has 2 aliphatic heterocycles. The fourth-order valence-electron chi connectivity index (χ4n) is 7.04. The van der Waals surface area contributed by atoms with Crippen molar-refractivity contribution in [2.45, 2.75) is 49.5 Å². The van der Waals surface area contributed by atoms with Crippen LogP contribution in [0.15, 0.2) is 79.4 Å². The molecule has 2 atom stereocenters.